The molecular weight excluding hydrogens is 346 g/mol. The van der Waals surface area contributed by atoms with Gasteiger partial charge < -0.3 is 4.79 Å². The normalized spacial score (nSPS) is 14.5. The van der Waals surface area contributed by atoms with Crippen LogP contribution in [0.2, 0.25) is 0 Å². The lowest BCUT2D eigenvalue weighted by Crippen LogP contribution is -2.07. The number of pyridine rings is 1. The summed E-state index contributed by atoms with van der Waals surface area (Å²) in [5.74, 6) is 1.27. The maximum absolute atomic E-state index is 11.6. The SMILES string of the molecule is CC(=O)CC(CCCCCCc1ccc2c(n1)CCCC2)c1cnc(C)nc1. The minimum Gasteiger partial charge on any atom is -0.300 e. The average molecular weight is 380 g/mol. The van der Waals surface area contributed by atoms with E-state index in [2.05, 4.69) is 22.1 Å². The van der Waals surface area contributed by atoms with Crippen LogP contribution in [-0.4, -0.2) is 20.7 Å². The molecule has 0 radical (unpaired) electrons. The van der Waals surface area contributed by atoms with Gasteiger partial charge in [0.25, 0.3) is 0 Å². The molecule has 2 heterocycles. The average Bonchev–Trinajstić information content (AvgIpc) is 2.70. The summed E-state index contributed by atoms with van der Waals surface area (Å²) in [4.78, 5) is 25.1. The maximum atomic E-state index is 11.6. The van der Waals surface area contributed by atoms with Gasteiger partial charge in [-0.05, 0) is 81.9 Å². The highest BCUT2D eigenvalue weighted by molar-refractivity contribution is 5.76. The molecule has 1 aliphatic rings. The minimum atomic E-state index is 0.240. The van der Waals surface area contributed by atoms with Crippen LogP contribution in [0.1, 0.15) is 92.5 Å². The Morgan fingerprint density at radius 3 is 2.57 bits per heavy atom. The van der Waals surface area contributed by atoms with Gasteiger partial charge in [-0.1, -0.05) is 25.3 Å². The van der Waals surface area contributed by atoms with E-state index in [1.165, 1.54) is 55.5 Å². The second-order valence-corrected chi connectivity index (χ2v) is 8.24. The van der Waals surface area contributed by atoms with Crippen LogP contribution < -0.4 is 0 Å². The van der Waals surface area contributed by atoms with Gasteiger partial charge in [0, 0.05) is 30.2 Å². The quantitative estimate of drug-likeness (QED) is 0.525. The second kappa shape index (κ2) is 10.4. The van der Waals surface area contributed by atoms with Crippen molar-refractivity contribution in [3.63, 3.8) is 0 Å². The number of Topliss-reactive ketones (excluding diaryl/α,β-unsaturated/α-hetero) is 1. The third-order valence-corrected chi connectivity index (χ3v) is 5.78. The summed E-state index contributed by atoms with van der Waals surface area (Å²) in [6.45, 7) is 3.56. The number of carbonyl (C=O) groups is 1. The standard InChI is InChI=1S/C24H33N3O/c1-18(28)15-21(22-16-25-19(2)26-17-22)10-5-3-4-6-11-23-14-13-20-9-7-8-12-24(20)27-23/h13-14,16-17,21H,3-12,15H2,1-2H3. The van der Waals surface area contributed by atoms with E-state index >= 15 is 0 Å². The van der Waals surface area contributed by atoms with Gasteiger partial charge in [0.05, 0.1) is 0 Å². The fourth-order valence-corrected chi connectivity index (χ4v) is 4.16. The Hall–Kier alpha value is -2.10. The summed E-state index contributed by atoms with van der Waals surface area (Å²) in [5.41, 5.74) is 5.16. The van der Waals surface area contributed by atoms with Crippen molar-refractivity contribution in [2.45, 2.75) is 90.4 Å². The molecule has 4 nitrogen and oxygen atoms in total. The predicted octanol–water partition coefficient (Wildman–Crippen LogP) is 5.31. The topological polar surface area (TPSA) is 55.7 Å². The van der Waals surface area contributed by atoms with Crippen LogP contribution in [0, 0.1) is 6.92 Å². The molecule has 28 heavy (non-hydrogen) atoms. The molecule has 0 N–H and O–H groups in total. The Morgan fingerprint density at radius 2 is 1.79 bits per heavy atom. The minimum absolute atomic E-state index is 0.240. The first kappa shape index (κ1) is 20.6. The molecule has 2 aromatic rings. The highest BCUT2D eigenvalue weighted by atomic mass is 16.1. The number of fused-ring (bicyclic) bond motifs is 1. The van der Waals surface area contributed by atoms with Crippen LogP contribution >= 0.6 is 0 Å². The van der Waals surface area contributed by atoms with Crippen molar-refractivity contribution in [3.8, 4) is 0 Å². The van der Waals surface area contributed by atoms with E-state index in [0.717, 1.165) is 37.1 Å². The van der Waals surface area contributed by atoms with Crippen LogP contribution in [0.3, 0.4) is 0 Å². The van der Waals surface area contributed by atoms with Crippen molar-refractivity contribution in [1.82, 2.24) is 15.0 Å². The third-order valence-electron chi connectivity index (χ3n) is 5.78. The molecule has 1 aliphatic carbocycles. The molecule has 150 valence electrons. The Labute approximate surface area is 169 Å². The Morgan fingerprint density at radius 1 is 1.04 bits per heavy atom. The van der Waals surface area contributed by atoms with Gasteiger partial charge in [-0.15, -0.1) is 0 Å². The monoisotopic (exact) mass is 379 g/mol. The maximum Gasteiger partial charge on any atom is 0.130 e. The van der Waals surface area contributed by atoms with E-state index in [1.54, 1.807) is 6.92 Å². The number of aromatic nitrogens is 3. The smallest absolute Gasteiger partial charge is 0.130 e. The van der Waals surface area contributed by atoms with Gasteiger partial charge in [-0.25, -0.2) is 9.97 Å². The fourth-order valence-electron chi connectivity index (χ4n) is 4.16. The summed E-state index contributed by atoms with van der Waals surface area (Å²) in [5, 5.41) is 0. The predicted molar refractivity (Wildman–Crippen MR) is 112 cm³/mol. The molecule has 0 spiro atoms. The highest BCUT2D eigenvalue weighted by Gasteiger charge is 2.15. The van der Waals surface area contributed by atoms with Crippen LogP contribution in [0.25, 0.3) is 0 Å². The molecule has 4 heteroatoms. The van der Waals surface area contributed by atoms with Gasteiger partial charge in [-0.2, -0.15) is 0 Å². The van der Waals surface area contributed by atoms with Gasteiger partial charge in [-0.3, -0.25) is 4.98 Å². The highest BCUT2D eigenvalue weighted by Crippen LogP contribution is 2.26. The van der Waals surface area contributed by atoms with E-state index in [0.29, 0.717) is 6.42 Å². The van der Waals surface area contributed by atoms with E-state index in [1.807, 2.05) is 19.3 Å². The molecule has 2 aromatic heterocycles. The number of hydrogen-bond acceptors (Lipinski definition) is 4. The van der Waals surface area contributed by atoms with Crippen molar-refractivity contribution >= 4 is 5.78 Å². The van der Waals surface area contributed by atoms with E-state index in [-0.39, 0.29) is 11.7 Å². The third kappa shape index (κ3) is 6.22. The molecule has 0 amide bonds. The lowest BCUT2D eigenvalue weighted by atomic mass is 9.90. The number of carbonyl (C=O) groups excluding carboxylic acids is 1. The van der Waals surface area contributed by atoms with Gasteiger partial charge >= 0.3 is 0 Å². The number of nitrogens with zero attached hydrogens (tertiary/aromatic N) is 3. The van der Waals surface area contributed by atoms with Crippen molar-refractivity contribution in [2.24, 2.45) is 0 Å². The molecule has 0 aromatic carbocycles. The molecular formula is C24H33N3O. The van der Waals surface area contributed by atoms with E-state index in [4.69, 9.17) is 4.98 Å². The number of aryl methyl sites for hydroxylation is 4. The van der Waals surface area contributed by atoms with Crippen molar-refractivity contribution < 1.29 is 4.79 Å². The molecule has 0 saturated heterocycles. The van der Waals surface area contributed by atoms with Crippen LogP contribution in [0.4, 0.5) is 0 Å². The van der Waals surface area contributed by atoms with Crippen molar-refractivity contribution in [2.75, 3.05) is 0 Å². The lowest BCUT2D eigenvalue weighted by molar-refractivity contribution is -0.117. The molecule has 1 atom stereocenters. The fraction of sp³-hybridized carbons (Fsp3) is 0.583. The van der Waals surface area contributed by atoms with Crippen LogP contribution in [-0.2, 0) is 24.1 Å². The first-order chi connectivity index (χ1) is 13.6. The van der Waals surface area contributed by atoms with Gasteiger partial charge in [0.2, 0.25) is 0 Å². The van der Waals surface area contributed by atoms with Crippen molar-refractivity contribution in [3.05, 3.63) is 52.9 Å². The number of unbranched alkanes of at least 4 members (excludes halogenated alkanes) is 3. The molecule has 0 bridgehead atoms. The largest absolute Gasteiger partial charge is 0.300 e. The van der Waals surface area contributed by atoms with Gasteiger partial charge in [0.15, 0.2) is 0 Å². The zero-order chi connectivity index (χ0) is 19.8. The number of hydrogen-bond donors (Lipinski definition) is 0. The summed E-state index contributed by atoms with van der Waals surface area (Å²) in [6.07, 6.45) is 16.2. The van der Waals surface area contributed by atoms with E-state index in [9.17, 15) is 4.79 Å². The number of rotatable bonds is 10. The molecule has 0 fully saturated rings. The van der Waals surface area contributed by atoms with Crippen LogP contribution in [0.5, 0.6) is 0 Å². The summed E-state index contributed by atoms with van der Waals surface area (Å²) in [6, 6.07) is 4.53. The Kier molecular flexibility index (Phi) is 7.70. The molecule has 1 unspecified atom stereocenters. The second-order valence-electron chi connectivity index (χ2n) is 8.24. The molecule has 0 saturated carbocycles. The summed E-state index contributed by atoms with van der Waals surface area (Å²) < 4.78 is 0. The Balaban J connectivity index is 1.40. The first-order valence-electron chi connectivity index (χ1n) is 10.9. The van der Waals surface area contributed by atoms with Crippen LogP contribution in [0.15, 0.2) is 24.5 Å². The zero-order valence-electron chi connectivity index (χ0n) is 17.4. The zero-order valence-corrected chi connectivity index (χ0v) is 17.4. The molecule has 0 aliphatic heterocycles. The van der Waals surface area contributed by atoms with Crippen molar-refractivity contribution in [1.29, 1.82) is 0 Å². The van der Waals surface area contributed by atoms with E-state index < -0.39 is 0 Å². The summed E-state index contributed by atoms with van der Waals surface area (Å²) in [7, 11) is 0. The molecule has 3 rings (SSSR count). The van der Waals surface area contributed by atoms with Gasteiger partial charge in [0.1, 0.15) is 11.6 Å². The Bertz CT molecular complexity index is 770. The lowest BCUT2D eigenvalue weighted by Gasteiger charge is -2.16. The summed E-state index contributed by atoms with van der Waals surface area (Å²) >= 11 is 0. The number of ketones is 1. The first-order valence-corrected chi connectivity index (χ1v) is 10.9.